The molecule has 18 heavy (non-hydrogen) atoms. The molecule has 0 bridgehead atoms. The van der Waals surface area contributed by atoms with Crippen LogP contribution in [0.25, 0.3) is 0 Å². The van der Waals surface area contributed by atoms with Crippen LogP contribution in [0, 0.1) is 0 Å². The summed E-state index contributed by atoms with van der Waals surface area (Å²) < 4.78 is 5.19. The molecule has 102 valence electrons. The van der Waals surface area contributed by atoms with Gasteiger partial charge in [-0.1, -0.05) is 17.7 Å². The zero-order valence-electron chi connectivity index (χ0n) is 11.5. The van der Waals surface area contributed by atoms with E-state index < -0.39 is 6.10 Å². The van der Waals surface area contributed by atoms with Crippen molar-refractivity contribution in [1.29, 1.82) is 0 Å². The third-order valence-electron chi connectivity index (χ3n) is 3.05. The summed E-state index contributed by atoms with van der Waals surface area (Å²) in [5, 5.41) is 10.2. The van der Waals surface area contributed by atoms with Gasteiger partial charge in [0.2, 0.25) is 0 Å². The molecule has 1 aromatic rings. The second kappa shape index (κ2) is 6.98. The molecule has 1 N–H and O–H groups in total. The Hall–Kier alpha value is -0.770. The van der Waals surface area contributed by atoms with Gasteiger partial charge in [-0.05, 0) is 38.5 Å². The molecule has 0 fully saturated rings. The number of methoxy groups -OCH3 is 1. The summed E-state index contributed by atoms with van der Waals surface area (Å²) in [6.45, 7) is 7.48. The van der Waals surface area contributed by atoms with E-state index in [0.717, 1.165) is 17.8 Å². The molecule has 0 aliphatic carbocycles. The highest BCUT2D eigenvalue weighted by molar-refractivity contribution is 6.31. The van der Waals surface area contributed by atoms with Crippen molar-refractivity contribution in [2.24, 2.45) is 0 Å². The number of hydrogen-bond acceptors (Lipinski definition) is 3. The van der Waals surface area contributed by atoms with E-state index in [1.54, 1.807) is 14.0 Å². The van der Waals surface area contributed by atoms with E-state index in [1.165, 1.54) is 0 Å². The second-order valence-corrected chi connectivity index (χ2v) is 4.88. The third kappa shape index (κ3) is 3.61. The largest absolute Gasteiger partial charge is 0.389 e. The summed E-state index contributed by atoms with van der Waals surface area (Å²) in [7, 11) is 1.70. The molecule has 0 heterocycles. The molecule has 0 aromatic heterocycles. The van der Waals surface area contributed by atoms with Gasteiger partial charge in [-0.3, -0.25) is 0 Å². The van der Waals surface area contributed by atoms with Crippen molar-refractivity contribution >= 4 is 17.3 Å². The first-order valence-electron chi connectivity index (χ1n) is 6.24. The summed E-state index contributed by atoms with van der Waals surface area (Å²) in [4.78, 5) is 2.22. The third-order valence-corrected chi connectivity index (χ3v) is 3.37. The van der Waals surface area contributed by atoms with Crippen LogP contribution in [0.15, 0.2) is 18.2 Å². The van der Waals surface area contributed by atoms with Crippen molar-refractivity contribution in [1.82, 2.24) is 0 Å². The Kier molecular flexibility index (Phi) is 5.93. The zero-order valence-corrected chi connectivity index (χ0v) is 12.2. The number of aliphatic hydroxyl groups is 1. The fraction of sp³-hybridized carbons (Fsp3) is 0.571. The van der Waals surface area contributed by atoms with Crippen molar-refractivity contribution in [3.05, 3.63) is 28.8 Å². The number of anilines is 1. The average molecular weight is 272 g/mol. The Morgan fingerprint density at radius 3 is 2.50 bits per heavy atom. The normalized spacial score (nSPS) is 14.3. The van der Waals surface area contributed by atoms with Crippen molar-refractivity contribution in [2.45, 2.75) is 32.9 Å². The Labute approximate surface area is 114 Å². The van der Waals surface area contributed by atoms with Gasteiger partial charge >= 0.3 is 0 Å². The van der Waals surface area contributed by atoms with Gasteiger partial charge in [0.25, 0.3) is 0 Å². The van der Waals surface area contributed by atoms with Gasteiger partial charge in [-0.15, -0.1) is 0 Å². The summed E-state index contributed by atoms with van der Waals surface area (Å²) in [5.41, 5.74) is 1.81. The van der Waals surface area contributed by atoms with Crippen LogP contribution in [-0.4, -0.2) is 31.4 Å². The van der Waals surface area contributed by atoms with E-state index in [-0.39, 0.29) is 6.04 Å². The molecule has 1 aromatic carbocycles. The molecule has 0 spiro atoms. The molecule has 0 aliphatic rings. The van der Waals surface area contributed by atoms with Crippen LogP contribution < -0.4 is 4.90 Å². The van der Waals surface area contributed by atoms with Crippen molar-refractivity contribution in [3.63, 3.8) is 0 Å². The lowest BCUT2D eigenvalue weighted by molar-refractivity contribution is 0.182. The highest BCUT2D eigenvalue weighted by atomic mass is 35.5. The maximum Gasteiger partial charge on any atom is 0.0776 e. The first-order chi connectivity index (χ1) is 8.51. The molecule has 4 heteroatoms. The molecule has 0 saturated heterocycles. The minimum absolute atomic E-state index is 0.286. The molecule has 1 rings (SSSR count). The molecular formula is C14H22ClNO2. The minimum Gasteiger partial charge on any atom is -0.389 e. The van der Waals surface area contributed by atoms with E-state index in [2.05, 4.69) is 18.7 Å². The molecule has 3 nitrogen and oxygen atoms in total. The molecular weight excluding hydrogens is 250 g/mol. The van der Waals surface area contributed by atoms with Crippen molar-refractivity contribution in [3.8, 4) is 0 Å². The quantitative estimate of drug-likeness (QED) is 0.862. The Bertz CT molecular complexity index is 382. The van der Waals surface area contributed by atoms with E-state index >= 15 is 0 Å². The van der Waals surface area contributed by atoms with Gasteiger partial charge in [0.15, 0.2) is 0 Å². The van der Waals surface area contributed by atoms with E-state index in [9.17, 15) is 5.11 Å². The zero-order chi connectivity index (χ0) is 13.7. The summed E-state index contributed by atoms with van der Waals surface area (Å²) >= 11 is 6.19. The molecule has 0 aliphatic heterocycles. The number of hydrogen-bond donors (Lipinski definition) is 1. The lowest BCUT2D eigenvalue weighted by Crippen LogP contribution is -2.36. The first kappa shape index (κ1) is 15.3. The molecule has 2 atom stereocenters. The van der Waals surface area contributed by atoms with E-state index in [0.29, 0.717) is 11.6 Å². The molecule has 0 amide bonds. The summed E-state index contributed by atoms with van der Waals surface area (Å²) in [6.07, 6.45) is -0.543. The Morgan fingerprint density at radius 1 is 1.39 bits per heavy atom. The summed E-state index contributed by atoms with van der Waals surface area (Å²) in [6, 6.07) is 6.06. The highest BCUT2D eigenvalue weighted by Crippen LogP contribution is 2.28. The van der Waals surface area contributed by atoms with Gasteiger partial charge in [0.1, 0.15) is 0 Å². The van der Waals surface area contributed by atoms with Crippen LogP contribution in [0.5, 0.6) is 0 Å². The van der Waals surface area contributed by atoms with Crippen LogP contribution in [0.2, 0.25) is 5.02 Å². The summed E-state index contributed by atoms with van der Waals surface area (Å²) in [5.74, 6) is 0. The highest BCUT2D eigenvalue weighted by Gasteiger charge is 2.15. The second-order valence-electron chi connectivity index (χ2n) is 4.47. The van der Waals surface area contributed by atoms with E-state index in [4.69, 9.17) is 16.3 Å². The van der Waals surface area contributed by atoms with Gasteiger partial charge in [-0.2, -0.15) is 0 Å². The van der Waals surface area contributed by atoms with Gasteiger partial charge in [0.05, 0.1) is 12.7 Å². The van der Waals surface area contributed by atoms with Crippen LogP contribution in [0.4, 0.5) is 5.69 Å². The Balaban J connectivity index is 2.97. The van der Waals surface area contributed by atoms with Crippen LogP contribution >= 0.6 is 11.6 Å². The topological polar surface area (TPSA) is 32.7 Å². The minimum atomic E-state index is -0.543. The fourth-order valence-corrected chi connectivity index (χ4v) is 2.45. The number of halogens is 1. The average Bonchev–Trinajstić information content (AvgIpc) is 2.29. The lowest BCUT2D eigenvalue weighted by Gasteiger charge is -2.30. The van der Waals surface area contributed by atoms with Crippen molar-refractivity contribution < 1.29 is 9.84 Å². The predicted molar refractivity (Wildman–Crippen MR) is 76.4 cm³/mol. The van der Waals surface area contributed by atoms with Crippen molar-refractivity contribution in [2.75, 3.05) is 25.2 Å². The first-order valence-corrected chi connectivity index (χ1v) is 6.62. The van der Waals surface area contributed by atoms with Gasteiger partial charge in [0, 0.05) is 30.4 Å². The smallest absolute Gasteiger partial charge is 0.0776 e. The van der Waals surface area contributed by atoms with Crippen LogP contribution in [0.1, 0.15) is 32.4 Å². The van der Waals surface area contributed by atoms with Crippen LogP contribution in [-0.2, 0) is 4.74 Å². The lowest BCUT2D eigenvalue weighted by atomic mass is 10.1. The van der Waals surface area contributed by atoms with Gasteiger partial charge in [-0.25, -0.2) is 0 Å². The monoisotopic (exact) mass is 271 g/mol. The number of likely N-dealkylation sites (N-methyl/N-ethyl adjacent to an activating group) is 1. The number of aliphatic hydroxyl groups excluding tert-OH is 1. The number of benzene rings is 1. The van der Waals surface area contributed by atoms with E-state index in [1.807, 2.05) is 18.2 Å². The number of rotatable bonds is 6. The molecule has 2 unspecified atom stereocenters. The van der Waals surface area contributed by atoms with Crippen LogP contribution in [0.3, 0.4) is 0 Å². The number of nitrogens with zero attached hydrogens (tertiary/aromatic N) is 1. The molecule has 0 radical (unpaired) electrons. The maximum atomic E-state index is 9.57. The number of ether oxygens (including phenoxy) is 1. The fourth-order valence-electron chi connectivity index (χ4n) is 2.11. The molecule has 0 saturated carbocycles. The Morgan fingerprint density at radius 2 is 2.06 bits per heavy atom. The predicted octanol–water partition coefficient (Wildman–Crippen LogP) is 3.25. The maximum absolute atomic E-state index is 9.57. The standard InChI is InChI=1S/C14H22ClNO2/c1-5-16(10(2)9-18-4)12-6-7-13(11(3)17)14(15)8-12/h6-8,10-11,17H,5,9H2,1-4H3. The SMILES string of the molecule is CCN(c1ccc(C(C)O)c(Cl)c1)C(C)COC. The van der Waals surface area contributed by atoms with Gasteiger partial charge < -0.3 is 14.7 Å².